The lowest BCUT2D eigenvalue weighted by Crippen LogP contribution is -2.42. The molecule has 2 aromatic heterocycles. The van der Waals surface area contributed by atoms with Crippen molar-refractivity contribution in [2.24, 2.45) is 0 Å². The van der Waals surface area contributed by atoms with Crippen LogP contribution in [0, 0.1) is 0 Å². The molecule has 0 aliphatic rings. The molecule has 1 unspecified atom stereocenters. The van der Waals surface area contributed by atoms with E-state index in [-0.39, 0.29) is 5.91 Å². The molecule has 2 heterocycles. The topological polar surface area (TPSA) is 45.2 Å². The van der Waals surface area contributed by atoms with E-state index in [1.807, 2.05) is 47.8 Å². The Labute approximate surface area is 158 Å². The van der Waals surface area contributed by atoms with E-state index >= 15 is 0 Å². The molecule has 0 aliphatic carbocycles. The summed E-state index contributed by atoms with van der Waals surface area (Å²) in [5.41, 5.74) is 2.38. The van der Waals surface area contributed by atoms with Gasteiger partial charge in [0.05, 0.1) is 21.7 Å². The number of fused-ring (bicyclic) bond motifs is 1. The van der Waals surface area contributed by atoms with Gasteiger partial charge in [-0.05, 0) is 43.6 Å². The molecule has 0 aliphatic heterocycles. The number of hydrogen-bond donors (Lipinski definition) is 1. The number of likely N-dealkylation sites (N-methyl/N-ethyl adjacent to an activating group) is 1. The summed E-state index contributed by atoms with van der Waals surface area (Å²) in [6, 6.07) is 14.1. The third kappa shape index (κ3) is 3.94. The molecule has 3 rings (SSSR count). The van der Waals surface area contributed by atoms with Crippen LogP contribution in [-0.4, -0.2) is 41.5 Å². The maximum atomic E-state index is 12.9. The van der Waals surface area contributed by atoms with Crippen molar-refractivity contribution >= 4 is 28.1 Å². The van der Waals surface area contributed by atoms with Gasteiger partial charge in [0.25, 0.3) is 5.91 Å². The number of carbonyl (C=O) groups is 1. The van der Waals surface area contributed by atoms with Gasteiger partial charge in [-0.1, -0.05) is 38.1 Å². The fraction of sp³-hybridized carbons (Fsp3) is 0.333. The number of amides is 1. The molecule has 1 atom stereocenters. The van der Waals surface area contributed by atoms with Gasteiger partial charge in [-0.2, -0.15) is 0 Å². The van der Waals surface area contributed by atoms with Crippen molar-refractivity contribution in [3.05, 3.63) is 53.4 Å². The predicted molar refractivity (Wildman–Crippen MR) is 110 cm³/mol. The van der Waals surface area contributed by atoms with Gasteiger partial charge in [0.2, 0.25) is 0 Å². The van der Waals surface area contributed by atoms with Gasteiger partial charge in [0, 0.05) is 18.0 Å². The molecule has 4 nitrogen and oxygen atoms in total. The quantitative estimate of drug-likeness (QED) is 0.672. The summed E-state index contributed by atoms with van der Waals surface area (Å²) < 4.78 is 0. The molecule has 1 amide bonds. The normalized spacial score (nSPS) is 12.5. The Morgan fingerprint density at radius 2 is 1.96 bits per heavy atom. The zero-order valence-corrected chi connectivity index (χ0v) is 16.3. The summed E-state index contributed by atoms with van der Waals surface area (Å²) >= 11 is 1.63. The van der Waals surface area contributed by atoms with Crippen molar-refractivity contribution in [2.75, 3.05) is 19.6 Å². The maximum absolute atomic E-state index is 12.9. The number of benzene rings is 1. The van der Waals surface area contributed by atoms with Crippen molar-refractivity contribution in [1.29, 1.82) is 0 Å². The second-order valence-electron chi connectivity index (χ2n) is 6.33. The molecule has 136 valence electrons. The van der Waals surface area contributed by atoms with Crippen molar-refractivity contribution in [2.45, 2.75) is 26.8 Å². The number of nitrogens with one attached hydrogen (secondary N) is 1. The van der Waals surface area contributed by atoms with Crippen LogP contribution in [0.3, 0.4) is 0 Å². The van der Waals surface area contributed by atoms with Crippen molar-refractivity contribution in [3.8, 4) is 10.6 Å². The minimum Gasteiger partial charge on any atom is -0.350 e. The second-order valence-corrected chi connectivity index (χ2v) is 7.28. The molecule has 26 heavy (non-hydrogen) atoms. The Morgan fingerprint density at radius 3 is 2.65 bits per heavy atom. The van der Waals surface area contributed by atoms with Crippen LogP contribution in [0.25, 0.3) is 21.5 Å². The summed E-state index contributed by atoms with van der Waals surface area (Å²) in [6.07, 6.45) is 0. The van der Waals surface area contributed by atoms with Crippen LogP contribution in [0.2, 0.25) is 0 Å². The Kier molecular flexibility index (Phi) is 6.01. The summed E-state index contributed by atoms with van der Waals surface area (Å²) in [5.74, 6) is -0.0413. The first-order valence-electron chi connectivity index (χ1n) is 9.10. The standard InChI is InChI=1S/C21H25N3OS/c1-4-24(5-2)15(3)14-22-21(25)17-13-19(20-11-8-12-26-20)23-18-10-7-6-9-16(17)18/h6-13,15H,4-5,14H2,1-3H3,(H,22,25). The highest BCUT2D eigenvalue weighted by Gasteiger charge is 2.16. The Hall–Kier alpha value is -2.24. The number of nitrogens with zero attached hydrogens (tertiary/aromatic N) is 2. The lowest BCUT2D eigenvalue weighted by molar-refractivity contribution is 0.0939. The first kappa shape index (κ1) is 18.5. The van der Waals surface area contributed by atoms with E-state index in [1.165, 1.54) is 0 Å². The number of rotatable bonds is 7. The molecule has 0 bridgehead atoms. The highest BCUT2D eigenvalue weighted by atomic mass is 32.1. The Morgan fingerprint density at radius 1 is 1.19 bits per heavy atom. The van der Waals surface area contributed by atoms with Crippen LogP contribution in [0.5, 0.6) is 0 Å². The van der Waals surface area contributed by atoms with Crippen LogP contribution < -0.4 is 5.32 Å². The van der Waals surface area contributed by atoms with Crippen molar-refractivity contribution in [1.82, 2.24) is 15.2 Å². The molecule has 0 fully saturated rings. The maximum Gasteiger partial charge on any atom is 0.252 e. The minimum absolute atomic E-state index is 0.0413. The Bertz CT molecular complexity index is 872. The van der Waals surface area contributed by atoms with E-state index in [1.54, 1.807) is 11.3 Å². The van der Waals surface area contributed by atoms with Gasteiger partial charge < -0.3 is 5.32 Å². The highest BCUT2D eigenvalue weighted by molar-refractivity contribution is 7.13. The van der Waals surface area contributed by atoms with Gasteiger partial charge in [0.1, 0.15) is 0 Å². The average molecular weight is 368 g/mol. The minimum atomic E-state index is -0.0413. The average Bonchev–Trinajstić information content (AvgIpc) is 3.21. The van der Waals surface area contributed by atoms with Gasteiger partial charge in [-0.3, -0.25) is 9.69 Å². The van der Waals surface area contributed by atoms with E-state index in [2.05, 4.69) is 31.0 Å². The first-order chi connectivity index (χ1) is 12.6. The van der Waals surface area contributed by atoms with Crippen LogP contribution in [0.15, 0.2) is 47.8 Å². The number of aromatic nitrogens is 1. The van der Waals surface area contributed by atoms with Crippen molar-refractivity contribution in [3.63, 3.8) is 0 Å². The molecule has 5 heteroatoms. The van der Waals surface area contributed by atoms with Gasteiger partial charge in [-0.15, -0.1) is 11.3 Å². The lowest BCUT2D eigenvalue weighted by atomic mass is 10.1. The molecule has 0 radical (unpaired) electrons. The molecule has 0 saturated carbocycles. The third-order valence-corrected chi connectivity index (χ3v) is 5.62. The van der Waals surface area contributed by atoms with Gasteiger partial charge in [0.15, 0.2) is 0 Å². The van der Waals surface area contributed by atoms with E-state index in [0.717, 1.165) is 34.6 Å². The number of hydrogen-bond acceptors (Lipinski definition) is 4. The van der Waals surface area contributed by atoms with E-state index < -0.39 is 0 Å². The smallest absolute Gasteiger partial charge is 0.252 e. The fourth-order valence-corrected chi connectivity index (χ4v) is 3.91. The number of carbonyl (C=O) groups excluding carboxylic acids is 1. The molecule has 0 spiro atoms. The number of pyridine rings is 1. The summed E-state index contributed by atoms with van der Waals surface area (Å²) in [4.78, 5) is 21.1. The van der Waals surface area contributed by atoms with Crippen molar-refractivity contribution < 1.29 is 4.79 Å². The largest absolute Gasteiger partial charge is 0.350 e. The Balaban J connectivity index is 1.89. The fourth-order valence-electron chi connectivity index (χ4n) is 3.23. The molecular weight excluding hydrogens is 342 g/mol. The molecule has 0 saturated heterocycles. The van der Waals surface area contributed by atoms with E-state index in [0.29, 0.717) is 18.2 Å². The molecule has 1 aromatic carbocycles. The number of thiophene rings is 1. The summed E-state index contributed by atoms with van der Waals surface area (Å²) in [6.45, 7) is 9.03. The van der Waals surface area contributed by atoms with Gasteiger partial charge >= 0.3 is 0 Å². The van der Waals surface area contributed by atoms with E-state index in [4.69, 9.17) is 4.98 Å². The molecule has 3 aromatic rings. The highest BCUT2D eigenvalue weighted by Crippen LogP contribution is 2.27. The van der Waals surface area contributed by atoms with Crippen LogP contribution >= 0.6 is 11.3 Å². The zero-order chi connectivity index (χ0) is 18.5. The predicted octanol–water partition coefficient (Wildman–Crippen LogP) is 4.42. The lowest BCUT2D eigenvalue weighted by Gasteiger charge is -2.26. The second kappa shape index (κ2) is 8.43. The molecule has 1 N–H and O–H groups in total. The summed E-state index contributed by atoms with van der Waals surface area (Å²) in [7, 11) is 0. The summed E-state index contributed by atoms with van der Waals surface area (Å²) in [5, 5.41) is 6.02. The van der Waals surface area contributed by atoms with Gasteiger partial charge in [-0.25, -0.2) is 4.98 Å². The zero-order valence-electron chi connectivity index (χ0n) is 15.5. The SMILES string of the molecule is CCN(CC)C(C)CNC(=O)c1cc(-c2cccs2)nc2ccccc12. The van der Waals surface area contributed by atoms with Crippen LogP contribution in [-0.2, 0) is 0 Å². The monoisotopic (exact) mass is 367 g/mol. The first-order valence-corrected chi connectivity index (χ1v) is 9.97. The van der Waals surface area contributed by atoms with E-state index in [9.17, 15) is 4.79 Å². The van der Waals surface area contributed by atoms with Crippen LogP contribution in [0.1, 0.15) is 31.1 Å². The third-order valence-electron chi connectivity index (χ3n) is 4.73. The number of para-hydroxylation sites is 1. The molecular formula is C21H25N3OS. The van der Waals surface area contributed by atoms with Crippen LogP contribution in [0.4, 0.5) is 0 Å².